The number of hydrogen-bond acceptors (Lipinski definition) is 2. The van der Waals surface area contributed by atoms with Gasteiger partial charge in [0.15, 0.2) is 17.5 Å². The molecule has 0 unspecified atom stereocenters. The zero-order chi connectivity index (χ0) is 12.4. The molecule has 4 heteroatoms. The van der Waals surface area contributed by atoms with Crippen molar-refractivity contribution in [3.63, 3.8) is 0 Å². The van der Waals surface area contributed by atoms with Gasteiger partial charge < -0.3 is 0 Å². The van der Waals surface area contributed by atoms with Gasteiger partial charge in [-0.2, -0.15) is 0 Å². The van der Waals surface area contributed by atoms with Crippen molar-refractivity contribution in [3.05, 3.63) is 47.8 Å². The number of halogens is 2. The molecule has 0 saturated heterocycles. The molecule has 2 rings (SSSR count). The van der Waals surface area contributed by atoms with E-state index < -0.39 is 11.6 Å². The van der Waals surface area contributed by atoms with Crippen LogP contribution in [-0.4, -0.2) is 9.97 Å². The molecule has 17 heavy (non-hydrogen) atoms. The maximum absolute atomic E-state index is 13.9. The number of benzene rings is 1. The maximum atomic E-state index is 13.9. The third kappa shape index (κ3) is 2.16. The standard InChI is InChI=1S/C13H12F2N2/c1-8(2)9-4-5-10(12(15)11(9)14)13-16-6-3-7-17-13/h3-8H,1-2H3. The minimum Gasteiger partial charge on any atom is -0.236 e. The van der Waals surface area contributed by atoms with Crippen LogP contribution in [0.25, 0.3) is 11.4 Å². The minimum absolute atomic E-state index is 0.0600. The van der Waals surface area contributed by atoms with E-state index in [1.807, 2.05) is 13.8 Å². The summed E-state index contributed by atoms with van der Waals surface area (Å²) in [5.74, 6) is -1.57. The second kappa shape index (κ2) is 4.57. The van der Waals surface area contributed by atoms with Gasteiger partial charge in [-0.25, -0.2) is 18.7 Å². The Bertz CT molecular complexity index is 524. The van der Waals surface area contributed by atoms with E-state index in [0.717, 1.165) is 0 Å². The Balaban J connectivity index is 2.56. The van der Waals surface area contributed by atoms with Crippen LogP contribution in [0.15, 0.2) is 30.6 Å². The van der Waals surface area contributed by atoms with Crippen molar-refractivity contribution in [2.24, 2.45) is 0 Å². The van der Waals surface area contributed by atoms with Crippen LogP contribution in [-0.2, 0) is 0 Å². The van der Waals surface area contributed by atoms with E-state index in [1.165, 1.54) is 18.5 Å². The summed E-state index contributed by atoms with van der Waals surface area (Å²) in [6.07, 6.45) is 2.99. The lowest BCUT2D eigenvalue weighted by Gasteiger charge is -2.09. The average Bonchev–Trinajstić information content (AvgIpc) is 2.33. The highest BCUT2D eigenvalue weighted by Crippen LogP contribution is 2.27. The number of nitrogens with zero attached hydrogens (tertiary/aromatic N) is 2. The molecule has 0 radical (unpaired) electrons. The molecule has 0 saturated carbocycles. The Morgan fingerprint density at radius 2 is 1.65 bits per heavy atom. The van der Waals surface area contributed by atoms with Crippen molar-refractivity contribution in [3.8, 4) is 11.4 Å². The van der Waals surface area contributed by atoms with Gasteiger partial charge in [-0.15, -0.1) is 0 Å². The molecule has 0 amide bonds. The fourth-order valence-electron chi connectivity index (χ4n) is 1.62. The summed E-state index contributed by atoms with van der Waals surface area (Å²) >= 11 is 0. The summed E-state index contributed by atoms with van der Waals surface area (Å²) in [6.45, 7) is 3.63. The molecule has 0 N–H and O–H groups in total. The smallest absolute Gasteiger partial charge is 0.170 e. The van der Waals surface area contributed by atoms with Crippen LogP contribution in [0.5, 0.6) is 0 Å². The first kappa shape index (κ1) is 11.6. The molecule has 0 bridgehead atoms. The Morgan fingerprint density at radius 1 is 1.00 bits per heavy atom. The lowest BCUT2D eigenvalue weighted by Crippen LogP contribution is -2.00. The van der Waals surface area contributed by atoms with Crippen molar-refractivity contribution in [1.29, 1.82) is 0 Å². The van der Waals surface area contributed by atoms with Crippen molar-refractivity contribution >= 4 is 0 Å². The number of rotatable bonds is 2. The Hall–Kier alpha value is -1.84. The van der Waals surface area contributed by atoms with Gasteiger partial charge in [-0.1, -0.05) is 19.9 Å². The molecule has 0 aliphatic rings. The summed E-state index contributed by atoms with van der Waals surface area (Å²) in [5.41, 5.74) is 0.453. The van der Waals surface area contributed by atoms with Crippen LogP contribution in [0.2, 0.25) is 0 Å². The van der Waals surface area contributed by atoms with E-state index in [-0.39, 0.29) is 17.3 Å². The van der Waals surface area contributed by atoms with Gasteiger partial charge in [0.05, 0.1) is 5.56 Å². The number of hydrogen-bond donors (Lipinski definition) is 0. The summed E-state index contributed by atoms with van der Waals surface area (Å²) in [5, 5.41) is 0. The van der Waals surface area contributed by atoms with Gasteiger partial charge in [0, 0.05) is 12.4 Å². The second-order valence-corrected chi connectivity index (χ2v) is 4.06. The van der Waals surface area contributed by atoms with Gasteiger partial charge in [-0.3, -0.25) is 0 Å². The fraction of sp³-hybridized carbons (Fsp3) is 0.231. The zero-order valence-corrected chi connectivity index (χ0v) is 9.61. The summed E-state index contributed by atoms with van der Waals surface area (Å²) < 4.78 is 27.6. The van der Waals surface area contributed by atoms with Gasteiger partial charge >= 0.3 is 0 Å². The zero-order valence-electron chi connectivity index (χ0n) is 9.61. The summed E-state index contributed by atoms with van der Waals surface area (Å²) in [6, 6.07) is 4.72. The highest BCUT2D eigenvalue weighted by atomic mass is 19.2. The molecule has 88 valence electrons. The maximum Gasteiger partial charge on any atom is 0.170 e. The fourth-order valence-corrected chi connectivity index (χ4v) is 1.62. The van der Waals surface area contributed by atoms with Crippen LogP contribution in [0.3, 0.4) is 0 Å². The van der Waals surface area contributed by atoms with E-state index in [2.05, 4.69) is 9.97 Å². The van der Waals surface area contributed by atoms with Crippen LogP contribution >= 0.6 is 0 Å². The first-order valence-electron chi connectivity index (χ1n) is 5.36. The van der Waals surface area contributed by atoms with Gasteiger partial charge in [0.1, 0.15) is 0 Å². The van der Waals surface area contributed by atoms with Crippen LogP contribution in [0.4, 0.5) is 8.78 Å². The molecule has 2 aromatic rings. The quantitative estimate of drug-likeness (QED) is 0.794. The van der Waals surface area contributed by atoms with Crippen molar-refractivity contribution in [2.75, 3.05) is 0 Å². The Kier molecular flexibility index (Phi) is 3.13. The van der Waals surface area contributed by atoms with Gasteiger partial charge in [0.2, 0.25) is 0 Å². The summed E-state index contributed by atoms with van der Waals surface area (Å²) in [7, 11) is 0. The second-order valence-electron chi connectivity index (χ2n) is 4.06. The van der Waals surface area contributed by atoms with Crippen molar-refractivity contribution in [2.45, 2.75) is 19.8 Å². The topological polar surface area (TPSA) is 25.8 Å². The highest BCUT2D eigenvalue weighted by molar-refractivity contribution is 5.56. The predicted octanol–water partition coefficient (Wildman–Crippen LogP) is 3.55. The average molecular weight is 234 g/mol. The van der Waals surface area contributed by atoms with E-state index in [4.69, 9.17) is 0 Å². The molecule has 0 fully saturated rings. The molecule has 1 aromatic carbocycles. The monoisotopic (exact) mass is 234 g/mol. The van der Waals surface area contributed by atoms with Crippen LogP contribution in [0, 0.1) is 11.6 Å². The minimum atomic E-state index is -0.887. The molecule has 2 nitrogen and oxygen atoms in total. The van der Waals surface area contributed by atoms with Crippen LogP contribution < -0.4 is 0 Å². The molecule has 1 aromatic heterocycles. The van der Waals surface area contributed by atoms with E-state index in [9.17, 15) is 8.78 Å². The molecule has 0 spiro atoms. The first-order valence-corrected chi connectivity index (χ1v) is 5.36. The largest absolute Gasteiger partial charge is 0.236 e. The summed E-state index contributed by atoms with van der Waals surface area (Å²) in [4.78, 5) is 7.82. The normalized spacial score (nSPS) is 10.9. The van der Waals surface area contributed by atoms with Crippen LogP contribution in [0.1, 0.15) is 25.3 Å². The first-order chi connectivity index (χ1) is 8.11. The lowest BCUT2D eigenvalue weighted by atomic mass is 10.00. The number of aromatic nitrogens is 2. The van der Waals surface area contributed by atoms with Gasteiger partial charge in [-0.05, 0) is 23.6 Å². The molecule has 1 heterocycles. The third-order valence-corrected chi connectivity index (χ3v) is 2.54. The lowest BCUT2D eigenvalue weighted by molar-refractivity contribution is 0.495. The van der Waals surface area contributed by atoms with Gasteiger partial charge in [0.25, 0.3) is 0 Å². The molecular formula is C13H12F2N2. The Labute approximate surface area is 98.4 Å². The third-order valence-electron chi connectivity index (χ3n) is 2.54. The van der Waals surface area contributed by atoms with E-state index >= 15 is 0 Å². The Morgan fingerprint density at radius 3 is 2.24 bits per heavy atom. The predicted molar refractivity (Wildman–Crippen MR) is 61.5 cm³/mol. The SMILES string of the molecule is CC(C)c1ccc(-c2ncccn2)c(F)c1F. The van der Waals surface area contributed by atoms with Crippen molar-refractivity contribution in [1.82, 2.24) is 9.97 Å². The van der Waals surface area contributed by atoms with E-state index in [0.29, 0.717) is 5.56 Å². The van der Waals surface area contributed by atoms with Crippen molar-refractivity contribution < 1.29 is 8.78 Å². The molecular weight excluding hydrogens is 222 g/mol. The molecule has 0 atom stereocenters. The molecule has 0 aliphatic carbocycles. The molecule has 0 aliphatic heterocycles. The van der Waals surface area contributed by atoms with E-state index in [1.54, 1.807) is 12.1 Å². The highest BCUT2D eigenvalue weighted by Gasteiger charge is 2.17.